The Labute approximate surface area is 117 Å². The molecule has 2 heterocycles. The Morgan fingerprint density at radius 1 is 1.40 bits per heavy atom. The van der Waals surface area contributed by atoms with E-state index >= 15 is 0 Å². The van der Waals surface area contributed by atoms with Gasteiger partial charge >= 0.3 is 0 Å². The Balaban J connectivity index is 1.96. The molecule has 8 heteroatoms. The third kappa shape index (κ3) is 2.39. The van der Waals surface area contributed by atoms with E-state index in [1.807, 2.05) is 0 Å². The number of hydrogen-bond donors (Lipinski definition) is 1. The number of non-ortho nitro benzene ring substituents is 1. The third-order valence-corrected chi connectivity index (χ3v) is 4.86. The summed E-state index contributed by atoms with van der Waals surface area (Å²) in [5.41, 5.74) is 0.928. The monoisotopic (exact) mass is 292 g/mol. The van der Waals surface area contributed by atoms with Gasteiger partial charge in [-0.3, -0.25) is 19.3 Å². The molecule has 2 atom stereocenters. The highest BCUT2D eigenvalue weighted by Crippen LogP contribution is 2.20. The molecule has 0 unspecified atom stereocenters. The second kappa shape index (κ2) is 5.22. The fourth-order valence-electron chi connectivity index (χ4n) is 2.17. The first-order chi connectivity index (χ1) is 9.65. The molecule has 0 amide bonds. The predicted octanol–water partition coefficient (Wildman–Crippen LogP) is 1.01. The lowest BCUT2D eigenvalue weighted by molar-refractivity contribution is -0.384. The van der Waals surface area contributed by atoms with Crippen LogP contribution in [-0.2, 0) is 10.8 Å². The van der Waals surface area contributed by atoms with Crippen LogP contribution >= 0.6 is 0 Å². The van der Waals surface area contributed by atoms with Crippen LogP contribution in [0.2, 0.25) is 0 Å². The highest BCUT2D eigenvalue weighted by Gasteiger charge is 2.23. The van der Waals surface area contributed by atoms with Gasteiger partial charge in [-0.05, 0) is 19.0 Å². The minimum absolute atomic E-state index is 0.0272. The minimum Gasteiger partial charge on any atom is -0.315 e. The molecule has 0 aliphatic carbocycles. The Kier molecular flexibility index (Phi) is 3.41. The molecule has 0 bridgehead atoms. The molecule has 1 aromatic heterocycles. The van der Waals surface area contributed by atoms with Gasteiger partial charge in [0.2, 0.25) is 0 Å². The number of aromatic nitrogens is 2. The van der Waals surface area contributed by atoms with Gasteiger partial charge in [0.25, 0.3) is 5.69 Å². The lowest BCUT2D eigenvalue weighted by Gasteiger charge is -2.07. The van der Waals surface area contributed by atoms with Crippen LogP contribution in [0.3, 0.4) is 0 Å². The lowest BCUT2D eigenvalue weighted by Crippen LogP contribution is -2.19. The van der Waals surface area contributed by atoms with Crippen LogP contribution in [-0.4, -0.2) is 37.4 Å². The molecule has 0 spiro atoms. The molecule has 104 valence electrons. The summed E-state index contributed by atoms with van der Waals surface area (Å²) in [4.78, 5) is 18.7. The quantitative estimate of drug-likeness (QED) is 0.669. The van der Waals surface area contributed by atoms with Crippen LogP contribution in [0, 0.1) is 10.1 Å². The number of rotatable bonds is 3. The van der Waals surface area contributed by atoms with Crippen molar-refractivity contribution in [2.45, 2.75) is 16.7 Å². The van der Waals surface area contributed by atoms with Crippen molar-refractivity contribution < 1.29 is 9.13 Å². The van der Waals surface area contributed by atoms with Gasteiger partial charge in [-0.2, -0.15) is 0 Å². The predicted molar refractivity (Wildman–Crippen MR) is 73.9 cm³/mol. The molecular formula is C12H12N4O3S. The van der Waals surface area contributed by atoms with E-state index in [-0.39, 0.29) is 10.9 Å². The average Bonchev–Trinajstić information content (AvgIpc) is 2.99. The van der Waals surface area contributed by atoms with Gasteiger partial charge in [0.1, 0.15) is 5.03 Å². The Hall–Kier alpha value is -1.93. The van der Waals surface area contributed by atoms with Gasteiger partial charge in [-0.15, -0.1) is 0 Å². The van der Waals surface area contributed by atoms with Gasteiger partial charge in [0.15, 0.2) is 0 Å². The van der Waals surface area contributed by atoms with Crippen molar-refractivity contribution in [1.82, 2.24) is 15.3 Å². The van der Waals surface area contributed by atoms with Crippen LogP contribution in [0.15, 0.2) is 29.4 Å². The Morgan fingerprint density at radius 2 is 2.25 bits per heavy atom. The number of nitro benzene ring substituents is 1. The SMILES string of the molecule is O=[N+]([O-])c1ccc2nc([S@@](=O)[C@@H]3CCNC3)cnc2c1. The first-order valence-corrected chi connectivity index (χ1v) is 7.39. The number of nitrogens with one attached hydrogen (secondary N) is 1. The molecule has 1 aromatic carbocycles. The maximum atomic E-state index is 12.3. The fraction of sp³-hybridized carbons (Fsp3) is 0.333. The van der Waals surface area contributed by atoms with Gasteiger partial charge in [0.05, 0.1) is 38.2 Å². The number of fused-ring (bicyclic) bond motifs is 1. The largest absolute Gasteiger partial charge is 0.315 e. The van der Waals surface area contributed by atoms with E-state index in [0.717, 1.165) is 13.0 Å². The molecule has 7 nitrogen and oxygen atoms in total. The summed E-state index contributed by atoms with van der Waals surface area (Å²) >= 11 is 0. The van der Waals surface area contributed by atoms with Crippen LogP contribution in [0.1, 0.15) is 6.42 Å². The molecule has 1 N–H and O–H groups in total. The van der Waals surface area contributed by atoms with Crippen molar-refractivity contribution >= 4 is 27.5 Å². The van der Waals surface area contributed by atoms with Crippen molar-refractivity contribution in [3.8, 4) is 0 Å². The molecular weight excluding hydrogens is 280 g/mol. The van der Waals surface area contributed by atoms with E-state index < -0.39 is 15.7 Å². The van der Waals surface area contributed by atoms with E-state index in [0.29, 0.717) is 22.6 Å². The van der Waals surface area contributed by atoms with Crippen molar-refractivity contribution in [3.05, 3.63) is 34.5 Å². The summed E-state index contributed by atoms with van der Waals surface area (Å²) in [6.07, 6.45) is 2.30. The number of nitro groups is 1. The summed E-state index contributed by atoms with van der Waals surface area (Å²) in [5.74, 6) is 0. The summed E-state index contributed by atoms with van der Waals surface area (Å²) in [6, 6.07) is 4.28. The molecule has 20 heavy (non-hydrogen) atoms. The van der Waals surface area contributed by atoms with Crippen LogP contribution < -0.4 is 5.32 Å². The maximum Gasteiger partial charge on any atom is 0.271 e. The van der Waals surface area contributed by atoms with E-state index in [4.69, 9.17) is 0 Å². The molecule has 1 aliphatic rings. The van der Waals surface area contributed by atoms with E-state index in [1.54, 1.807) is 0 Å². The highest BCUT2D eigenvalue weighted by atomic mass is 32.2. The Morgan fingerprint density at radius 3 is 2.95 bits per heavy atom. The number of benzene rings is 1. The molecule has 0 radical (unpaired) electrons. The second-order valence-electron chi connectivity index (χ2n) is 4.55. The summed E-state index contributed by atoms with van der Waals surface area (Å²) < 4.78 is 12.3. The third-order valence-electron chi connectivity index (χ3n) is 3.24. The average molecular weight is 292 g/mol. The van der Waals surface area contributed by atoms with E-state index in [2.05, 4.69) is 15.3 Å². The van der Waals surface area contributed by atoms with Gasteiger partial charge in [-0.25, -0.2) is 4.98 Å². The zero-order chi connectivity index (χ0) is 14.1. The van der Waals surface area contributed by atoms with Crippen molar-refractivity contribution in [3.63, 3.8) is 0 Å². The molecule has 2 aromatic rings. The zero-order valence-electron chi connectivity index (χ0n) is 10.5. The number of nitrogens with zero attached hydrogens (tertiary/aromatic N) is 3. The number of hydrogen-bond acceptors (Lipinski definition) is 6. The van der Waals surface area contributed by atoms with Crippen LogP contribution in [0.5, 0.6) is 0 Å². The summed E-state index contributed by atoms with van der Waals surface area (Å²) in [6.45, 7) is 1.58. The second-order valence-corrected chi connectivity index (χ2v) is 6.23. The topological polar surface area (TPSA) is 98.0 Å². The van der Waals surface area contributed by atoms with Crippen molar-refractivity contribution in [2.24, 2.45) is 0 Å². The standard InChI is InChI=1S/C12H12N4O3S/c17-16(18)8-1-2-10-11(5-8)14-7-12(15-10)20(19)9-3-4-13-6-9/h1-2,5,7,9,13H,3-4,6H2/t9-,20+/m1/s1. The summed E-state index contributed by atoms with van der Waals surface area (Å²) in [5, 5.41) is 14.3. The minimum atomic E-state index is -1.20. The lowest BCUT2D eigenvalue weighted by atomic mass is 10.3. The highest BCUT2D eigenvalue weighted by molar-refractivity contribution is 7.85. The van der Waals surface area contributed by atoms with Gasteiger partial charge < -0.3 is 5.32 Å². The Bertz CT molecular complexity index is 700. The molecule has 3 rings (SSSR count). The van der Waals surface area contributed by atoms with Crippen LogP contribution in [0.25, 0.3) is 11.0 Å². The first-order valence-electron chi connectivity index (χ1n) is 6.17. The normalized spacial score (nSPS) is 20.1. The first kappa shape index (κ1) is 13.1. The molecule has 1 fully saturated rings. The van der Waals surface area contributed by atoms with Gasteiger partial charge in [-0.1, -0.05) is 0 Å². The van der Waals surface area contributed by atoms with Crippen LogP contribution in [0.4, 0.5) is 5.69 Å². The molecule has 0 saturated carbocycles. The van der Waals surface area contributed by atoms with Crippen molar-refractivity contribution in [1.29, 1.82) is 0 Å². The smallest absolute Gasteiger partial charge is 0.271 e. The zero-order valence-corrected chi connectivity index (χ0v) is 11.3. The maximum absolute atomic E-state index is 12.3. The van der Waals surface area contributed by atoms with Crippen molar-refractivity contribution in [2.75, 3.05) is 13.1 Å². The molecule has 1 aliphatic heterocycles. The fourth-order valence-corrected chi connectivity index (χ4v) is 3.46. The molecule has 1 saturated heterocycles. The van der Waals surface area contributed by atoms with E-state index in [1.165, 1.54) is 24.4 Å². The van der Waals surface area contributed by atoms with E-state index in [9.17, 15) is 14.3 Å². The summed E-state index contributed by atoms with van der Waals surface area (Å²) in [7, 11) is -1.20. The van der Waals surface area contributed by atoms with Gasteiger partial charge in [0, 0.05) is 18.7 Å².